The molecule has 1 amide bonds. The molecule has 2 bridgehead atoms. The largest absolute Gasteiger partial charge is 0.489 e. The van der Waals surface area contributed by atoms with E-state index in [0.717, 1.165) is 18.4 Å². The summed E-state index contributed by atoms with van der Waals surface area (Å²) in [5, 5.41) is 9.68. The molecule has 4 heterocycles. The quantitative estimate of drug-likeness (QED) is 0.251. The molecule has 6 rings (SSSR count). The van der Waals surface area contributed by atoms with Crippen LogP contribution in [0.25, 0.3) is 0 Å². The van der Waals surface area contributed by atoms with Crippen LogP contribution in [0.3, 0.4) is 0 Å². The lowest BCUT2D eigenvalue weighted by molar-refractivity contribution is 0.0681. The van der Waals surface area contributed by atoms with E-state index in [1.54, 1.807) is 38.1 Å². The van der Waals surface area contributed by atoms with Gasteiger partial charge in [0, 0.05) is 30.2 Å². The molecule has 234 valence electrons. The number of aromatic nitrogens is 2. The number of ether oxygens (including phenoxy) is 1. The molecular formula is C32H39ClN6O4S. The highest BCUT2D eigenvalue weighted by Crippen LogP contribution is 2.39. The second-order valence-electron chi connectivity index (χ2n) is 12.4. The van der Waals surface area contributed by atoms with Gasteiger partial charge in [0.25, 0.3) is 5.91 Å². The van der Waals surface area contributed by atoms with Crippen LogP contribution in [0.5, 0.6) is 5.75 Å². The summed E-state index contributed by atoms with van der Waals surface area (Å²) in [6.45, 7) is 7.74. The Bertz CT molecular complexity index is 1680. The van der Waals surface area contributed by atoms with Gasteiger partial charge < -0.3 is 25.6 Å². The molecule has 3 atom stereocenters. The predicted molar refractivity (Wildman–Crippen MR) is 172 cm³/mol. The normalized spacial score (nSPS) is 21.5. The number of halogens is 1. The number of sulfone groups is 1. The van der Waals surface area contributed by atoms with Crippen molar-refractivity contribution in [3.05, 3.63) is 58.7 Å². The number of fused-ring (bicyclic) bond motifs is 3. The van der Waals surface area contributed by atoms with Gasteiger partial charge in [0.05, 0.1) is 33.8 Å². The van der Waals surface area contributed by atoms with E-state index in [0.29, 0.717) is 41.3 Å². The van der Waals surface area contributed by atoms with Crippen LogP contribution in [-0.4, -0.2) is 58.7 Å². The summed E-state index contributed by atoms with van der Waals surface area (Å²) in [6.07, 6.45) is 7.01. The van der Waals surface area contributed by atoms with Gasteiger partial charge in [-0.1, -0.05) is 36.6 Å². The molecule has 0 aliphatic carbocycles. The Hall–Kier alpha value is -3.41. The summed E-state index contributed by atoms with van der Waals surface area (Å²) in [5.74, 6) is 1.07. The van der Waals surface area contributed by atoms with E-state index in [4.69, 9.17) is 16.3 Å². The summed E-state index contributed by atoms with van der Waals surface area (Å²) >= 11 is 6.46. The van der Waals surface area contributed by atoms with E-state index in [1.165, 1.54) is 25.5 Å². The molecule has 3 aliphatic heterocycles. The number of rotatable bonds is 9. The Balaban J connectivity index is 1.29. The Morgan fingerprint density at radius 2 is 1.84 bits per heavy atom. The number of carbonyl (C=O) groups excluding carboxylic acids is 1. The third-order valence-corrected chi connectivity index (χ3v) is 11.1. The van der Waals surface area contributed by atoms with E-state index in [1.807, 2.05) is 30.9 Å². The minimum Gasteiger partial charge on any atom is -0.489 e. The number of hydrogen-bond acceptors (Lipinski definition) is 9. The van der Waals surface area contributed by atoms with Gasteiger partial charge in [0.1, 0.15) is 10.8 Å². The highest BCUT2D eigenvalue weighted by atomic mass is 35.5. The van der Waals surface area contributed by atoms with Crippen molar-refractivity contribution in [1.82, 2.24) is 20.2 Å². The molecule has 0 saturated carbocycles. The van der Waals surface area contributed by atoms with Crippen molar-refractivity contribution in [2.75, 3.05) is 10.6 Å². The molecule has 2 fully saturated rings. The SMILES string of the molecule is CC(C)Oc1cc2c(cc1Nc1ncc(Cl)c(Nc3ccccc3S(=O)(=O)C(C)C)n1)C(=O)N([C@@H]1CC3CCCC[C@@H]1N3)C2. The number of benzene rings is 2. The number of hydrogen-bond donors (Lipinski definition) is 3. The average molecular weight is 639 g/mol. The minimum absolute atomic E-state index is 0.0273. The number of nitrogens with one attached hydrogen (secondary N) is 3. The van der Waals surface area contributed by atoms with Gasteiger partial charge in [0.15, 0.2) is 15.7 Å². The number of anilines is 4. The van der Waals surface area contributed by atoms with Gasteiger partial charge in [-0.3, -0.25) is 4.79 Å². The van der Waals surface area contributed by atoms with Gasteiger partial charge in [0.2, 0.25) is 5.95 Å². The van der Waals surface area contributed by atoms with Gasteiger partial charge in [-0.15, -0.1) is 0 Å². The van der Waals surface area contributed by atoms with E-state index in [2.05, 4.69) is 25.9 Å². The van der Waals surface area contributed by atoms with E-state index < -0.39 is 15.1 Å². The van der Waals surface area contributed by atoms with Crippen LogP contribution in [-0.2, 0) is 16.4 Å². The molecule has 12 heteroatoms. The van der Waals surface area contributed by atoms with Crippen LogP contribution < -0.4 is 20.7 Å². The van der Waals surface area contributed by atoms with Crippen molar-refractivity contribution in [2.24, 2.45) is 0 Å². The molecule has 10 nitrogen and oxygen atoms in total. The third-order valence-electron chi connectivity index (χ3n) is 8.62. The Labute approximate surface area is 263 Å². The summed E-state index contributed by atoms with van der Waals surface area (Å²) in [6, 6.07) is 11.4. The minimum atomic E-state index is -3.57. The van der Waals surface area contributed by atoms with Crippen LogP contribution in [0.2, 0.25) is 5.02 Å². The molecule has 0 spiro atoms. The maximum atomic E-state index is 13.8. The maximum absolute atomic E-state index is 13.8. The fourth-order valence-corrected chi connectivity index (χ4v) is 7.77. The summed E-state index contributed by atoms with van der Waals surface area (Å²) < 4.78 is 32.2. The number of para-hydroxylation sites is 1. The van der Waals surface area contributed by atoms with Crippen LogP contribution >= 0.6 is 11.6 Å². The van der Waals surface area contributed by atoms with Gasteiger partial charge in [-0.25, -0.2) is 13.4 Å². The van der Waals surface area contributed by atoms with E-state index >= 15 is 0 Å². The first-order valence-electron chi connectivity index (χ1n) is 15.3. The van der Waals surface area contributed by atoms with E-state index in [9.17, 15) is 13.2 Å². The zero-order chi connectivity index (χ0) is 31.2. The third kappa shape index (κ3) is 5.97. The Kier molecular flexibility index (Phi) is 8.47. The lowest BCUT2D eigenvalue weighted by Gasteiger charge is -2.29. The second kappa shape index (κ2) is 12.2. The maximum Gasteiger partial charge on any atom is 0.254 e. The van der Waals surface area contributed by atoms with Crippen molar-refractivity contribution in [1.29, 1.82) is 0 Å². The standard InChI is InChI=1S/C32H39ClN6O4S/c1-18(2)43-28-13-20-17-39(27-14-21-9-5-6-10-24(27)35-21)31(40)22(20)15-26(28)37-32-34-16-23(33)30(38-32)36-25-11-7-8-12-29(25)44(41,42)19(3)4/h7-8,11-13,15-16,18-19,21,24,27,35H,5-6,9-10,14,17H2,1-4H3,(H2,34,36,37,38)/t21?,24-,27+/m0/s1. The zero-order valence-electron chi connectivity index (χ0n) is 25.4. The molecule has 3 N–H and O–H groups in total. The smallest absolute Gasteiger partial charge is 0.254 e. The van der Waals surface area contributed by atoms with Crippen molar-refractivity contribution < 1.29 is 17.9 Å². The monoisotopic (exact) mass is 638 g/mol. The molecule has 3 aromatic rings. The fraction of sp³-hybridized carbons (Fsp3) is 0.469. The molecule has 2 saturated heterocycles. The molecule has 44 heavy (non-hydrogen) atoms. The Morgan fingerprint density at radius 1 is 1.07 bits per heavy atom. The number of nitrogens with zero attached hydrogens (tertiary/aromatic N) is 3. The highest BCUT2D eigenvalue weighted by molar-refractivity contribution is 7.92. The van der Waals surface area contributed by atoms with Crippen LogP contribution in [0, 0.1) is 0 Å². The molecule has 2 aromatic carbocycles. The average Bonchev–Trinajstić information content (AvgIpc) is 3.41. The topological polar surface area (TPSA) is 126 Å². The molecule has 1 unspecified atom stereocenters. The summed E-state index contributed by atoms with van der Waals surface area (Å²) in [4.78, 5) is 24.9. The highest BCUT2D eigenvalue weighted by Gasteiger charge is 2.43. The first-order valence-corrected chi connectivity index (χ1v) is 17.2. The zero-order valence-corrected chi connectivity index (χ0v) is 27.0. The first-order chi connectivity index (χ1) is 21.0. The van der Waals surface area contributed by atoms with Crippen LogP contribution in [0.15, 0.2) is 47.5 Å². The number of amides is 1. The van der Waals surface area contributed by atoms with Crippen molar-refractivity contribution in [3.63, 3.8) is 0 Å². The molecule has 0 radical (unpaired) electrons. The Morgan fingerprint density at radius 3 is 2.61 bits per heavy atom. The van der Waals surface area contributed by atoms with Crippen molar-refractivity contribution in [2.45, 2.75) is 101 Å². The van der Waals surface area contributed by atoms with Crippen LogP contribution in [0.4, 0.5) is 23.1 Å². The van der Waals surface area contributed by atoms with E-state index in [-0.39, 0.29) is 39.7 Å². The summed E-state index contributed by atoms with van der Waals surface area (Å²) in [7, 11) is -3.57. The molecule has 3 aliphatic rings. The molecular weight excluding hydrogens is 600 g/mol. The van der Waals surface area contributed by atoms with Gasteiger partial charge >= 0.3 is 0 Å². The fourth-order valence-electron chi connectivity index (χ4n) is 6.43. The molecule has 1 aromatic heterocycles. The second-order valence-corrected chi connectivity index (χ2v) is 15.3. The van der Waals surface area contributed by atoms with Crippen molar-refractivity contribution >= 4 is 50.5 Å². The lowest BCUT2D eigenvalue weighted by Crippen LogP contribution is -2.43. The predicted octanol–water partition coefficient (Wildman–Crippen LogP) is 6.22. The summed E-state index contributed by atoms with van der Waals surface area (Å²) in [5.41, 5.74) is 2.51. The first kappa shape index (κ1) is 30.6. The lowest BCUT2D eigenvalue weighted by atomic mass is 9.95. The van der Waals surface area contributed by atoms with Crippen LogP contribution in [0.1, 0.15) is 75.7 Å². The van der Waals surface area contributed by atoms with Crippen molar-refractivity contribution in [3.8, 4) is 5.75 Å². The van der Waals surface area contributed by atoms with Gasteiger partial charge in [-0.2, -0.15) is 4.98 Å². The van der Waals surface area contributed by atoms with Gasteiger partial charge in [-0.05, 0) is 76.8 Å². The number of carbonyl (C=O) groups is 1.